The third-order valence-electron chi connectivity index (χ3n) is 3.42. The molecule has 6 heteroatoms. The van der Waals surface area contributed by atoms with E-state index < -0.39 is 29.7 Å². The van der Waals surface area contributed by atoms with Crippen LogP contribution in [0.1, 0.15) is 27.7 Å². The molecule has 17 heavy (non-hydrogen) atoms. The zero-order chi connectivity index (χ0) is 12.8. The lowest BCUT2D eigenvalue weighted by Crippen LogP contribution is -2.43. The molecule has 0 aromatic carbocycles. The maximum atomic E-state index is 12.8. The molecule has 0 unspecified atom stereocenters. The summed E-state index contributed by atoms with van der Waals surface area (Å²) in [5.74, 6) is -0.671. The summed E-state index contributed by atoms with van der Waals surface area (Å²) in [6.07, 6.45) is 1.29. The van der Waals surface area contributed by atoms with Gasteiger partial charge in [-0.2, -0.15) is 4.39 Å². The highest BCUT2D eigenvalue weighted by molar-refractivity contribution is 6.61. The van der Waals surface area contributed by atoms with Crippen molar-refractivity contribution < 1.29 is 13.7 Å². The lowest BCUT2D eigenvalue weighted by Gasteiger charge is -2.32. The Hall–Kier alpha value is -1.14. The summed E-state index contributed by atoms with van der Waals surface area (Å²) in [5.41, 5.74) is -1.18. The Morgan fingerprint density at radius 1 is 1.24 bits per heavy atom. The average Bonchev–Trinajstić information content (AvgIpc) is 2.35. The van der Waals surface area contributed by atoms with Gasteiger partial charge >= 0.3 is 7.12 Å². The standard InChI is InChI=1S/C11H15BFNO3/c1-10(2)11(3,4)17-12(16-10)7-6-14-9(13)5-8(7)15/h5-6H,1-4H3,(H,14,15). The van der Waals surface area contributed by atoms with Gasteiger partial charge in [0.1, 0.15) is 0 Å². The van der Waals surface area contributed by atoms with Gasteiger partial charge in [0.2, 0.25) is 0 Å². The van der Waals surface area contributed by atoms with E-state index in [1.54, 1.807) is 0 Å². The predicted molar refractivity (Wildman–Crippen MR) is 62.7 cm³/mol. The molecule has 2 heterocycles. The highest BCUT2D eigenvalue weighted by Gasteiger charge is 2.52. The summed E-state index contributed by atoms with van der Waals surface area (Å²) < 4.78 is 24.2. The summed E-state index contributed by atoms with van der Waals surface area (Å²) in [7, 11) is -0.760. The first kappa shape index (κ1) is 12.3. The van der Waals surface area contributed by atoms with Gasteiger partial charge in [0.15, 0.2) is 11.4 Å². The van der Waals surface area contributed by atoms with Crippen molar-refractivity contribution in [1.29, 1.82) is 0 Å². The van der Waals surface area contributed by atoms with Crippen molar-refractivity contribution in [3.63, 3.8) is 0 Å². The monoisotopic (exact) mass is 239 g/mol. The zero-order valence-electron chi connectivity index (χ0n) is 10.3. The quantitative estimate of drug-likeness (QED) is 0.582. The van der Waals surface area contributed by atoms with Crippen molar-refractivity contribution in [3.05, 3.63) is 28.4 Å². The molecule has 0 saturated carbocycles. The Bertz CT molecular complexity index is 482. The Kier molecular flexibility index (Phi) is 2.67. The van der Waals surface area contributed by atoms with Crippen LogP contribution in [-0.2, 0) is 9.31 Å². The summed E-state index contributed by atoms with van der Waals surface area (Å²) in [4.78, 5) is 14.0. The maximum absolute atomic E-state index is 12.8. The number of nitrogens with one attached hydrogen (secondary N) is 1. The number of aromatic nitrogens is 1. The van der Waals surface area contributed by atoms with Crippen molar-refractivity contribution in [2.45, 2.75) is 38.9 Å². The topological polar surface area (TPSA) is 51.3 Å². The highest BCUT2D eigenvalue weighted by atomic mass is 19.1. The molecule has 0 amide bonds. The van der Waals surface area contributed by atoms with E-state index in [0.29, 0.717) is 0 Å². The van der Waals surface area contributed by atoms with Crippen molar-refractivity contribution >= 4 is 12.6 Å². The molecule has 1 fully saturated rings. The maximum Gasteiger partial charge on any atom is 0.500 e. The first-order chi connectivity index (χ1) is 7.73. The van der Waals surface area contributed by atoms with Crippen LogP contribution >= 0.6 is 0 Å². The van der Waals surface area contributed by atoms with Gasteiger partial charge in [-0.3, -0.25) is 4.79 Å². The van der Waals surface area contributed by atoms with E-state index in [-0.39, 0.29) is 5.46 Å². The van der Waals surface area contributed by atoms with Crippen LogP contribution in [-0.4, -0.2) is 23.3 Å². The van der Waals surface area contributed by atoms with Gasteiger partial charge in [0.05, 0.1) is 11.2 Å². The summed E-state index contributed by atoms with van der Waals surface area (Å²) >= 11 is 0. The Balaban J connectivity index is 2.36. The van der Waals surface area contributed by atoms with Crippen LogP contribution in [0.2, 0.25) is 0 Å². The molecular formula is C11H15BFNO3. The Labute approximate surface area is 99.3 Å². The number of hydrogen-bond acceptors (Lipinski definition) is 3. The van der Waals surface area contributed by atoms with Crippen molar-refractivity contribution in [3.8, 4) is 0 Å². The van der Waals surface area contributed by atoms with Gasteiger partial charge in [0.25, 0.3) is 0 Å². The van der Waals surface area contributed by atoms with Crippen LogP contribution in [0.25, 0.3) is 0 Å². The summed E-state index contributed by atoms with van der Waals surface area (Å²) in [6.45, 7) is 7.57. The molecule has 92 valence electrons. The molecule has 0 atom stereocenters. The number of halogens is 1. The van der Waals surface area contributed by atoms with Gasteiger partial charge in [-0.05, 0) is 27.7 Å². The predicted octanol–water partition coefficient (Wildman–Crippen LogP) is 0.813. The molecule has 1 saturated heterocycles. The number of H-pyrrole nitrogens is 1. The lowest BCUT2D eigenvalue weighted by atomic mass is 9.80. The summed E-state index contributed by atoms with van der Waals surface area (Å²) in [5, 5.41) is 0. The molecule has 1 aliphatic rings. The van der Waals surface area contributed by atoms with Gasteiger partial charge in [-0.15, -0.1) is 0 Å². The normalized spacial score (nSPS) is 21.8. The minimum Gasteiger partial charge on any atom is -0.399 e. The molecule has 1 aromatic heterocycles. The molecule has 0 radical (unpaired) electrons. The van der Waals surface area contributed by atoms with E-state index >= 15 is 0 Å². The van der Waals surface area contributed by atoms with E-state index in [4.69, 9.17) is 9.31 Å². The van der Waals surface area contributed by atoms with E-state index in [1.165, 1.54) is 6.20 Å². The van der Waals surface area contributed by atoms with E-state index in [0.717, 1.165) is 6.07 Å². The fourth-order valence-corrected chi connectivity index (χ4v) is 1.61. The van der Waals surface area contributed by atoms with E-state index in [2.05, 4.69) is 4.98 Å². The number of aromatic amines is 1. The molecule has 1 N–H and O–H groups in total. The van der Waals surface area contributed by atoms with Crippen LogP contribution < -0.4 is 10.9 Å². The second kappa shape index (κ2) is 3.68. The lowest BCUT2D eigenvalue weighted by molar-refractivity contribution is 0.00578. The van der Waals surface area contributed by atoms with E-state index in [9.17, 15) is 9.18 Å². The van der Waals surface area contributed by atoms with Gasteiger partial charge in [0, 0.05) is 17.7 Å². The minimum absolute atomic E-state index is 0.282. The highest BCUT2D eigenvalue weighted by Crippen LogP contribution is 2.36. The SMILES string of the molecule is CC1(C)OB(c2c[nH]c(F)cc2=O)OC1(C)C. The number of rotatable bonds is 1. The third-order valence-corrected chi connectivity index (χ3v) is 3.42. The minimum atomic E-state index is -0.760. The van der Waals surface area contributed by atoms with Crippen LogP contribution in [0.4, 0.5) is 4.39 Å². The Morgan fingerprint density at radius 3 is 2.24 bits per heavy atom. The van der Waals surface area contributed by atoms with Crippen LogP contribution in [0.5, 0.6) is 0 Å². The number of hydrogen-bond donors (Lipinski definition) is 1. The molecular weight excluding hydrogens is 224 g/mol. The van der Waals surface area contributed by atoms with Crippen molar-refractivity contribution in [2.24, 2.45) is 0 Å². The molecule has 0 bridgehead atoms. The molecule has 1 aliphatic heterocycles. The first-order valence-corrected chi connectivity index (χ1v) is 5.47. The number of pyridine rings is 1. The molecule has 0 aliphatic carbocycles. The van der Waals surface area contributed by atoms with Crippen molar-refractivity contribution in [1.82, 2.24) is 4.98 Å². The average molecular weight is 239 g/mol. The largest absolute Gasteiger partial charge is 0.500 e. The fourth-order valence-electron chi connectivity index (χ4n) is 1.61. The molecule has 1 aromatic rings. The summed E-state index contributed by atoms with van der Waals surface area (Å²) in [6, 6.07) is 0.889. The molecule has 4 nitrogen and oxygen atoms in total. The smallest absolute Gasteiger partial charge is 0.399 e. The van der Waals surface area contributed by atoms with Crippen LogP contribution in [0.15, 0.2) is 17.1 Å². The first-order valence-electron chi connectivity index (χ1n) is 5.47. The van der Waals surface area contributed by atoms with Gasteiger partial charge < -0.3 is 14.3 Å². The van der Waals surface area contributed by atoms with Crippen LogP contribution in [0.3, 0.4) is 0 Å². The fraction of sp³-hybridized carbons (Fsp3) is 0.545. The molecule has 2 rings (SSSR count). The second-order valence-corrected chi connectivity index (χ2v) is 5.19. The zero-order valence-corrected chi connectivity index (χ0v) is 10.3. The van der Waals surface area contributed by atoms with Crippen LogP contribution in [0, 0.1) is 5.95 Å². The second-order valence-electron chi connectivity index (χ2n) is 5.19. The third kappa shape index (κ3) is 2.02. The van der Waals surface area contributed by atoms with E-state index in [1.807, 2.05) is 27.7 Å². The van der Waals surface area contributed by atoms with Gasteiger partial charge in [-0.1, -0.05) is 0 Å². The molecule has 0 spiro atoms. The Morgan fingerprint density at radius 2 is 1.76 bits per heavy atom. The van der Waals surface area contributed by atoms with Gasteiger partial charge in [-0.25, -0.2) is 0 Å². The van der Waals surface area contributed by atoms with Crippen molar-refractivity contribution in [2.75, 3.05) is 0 Å².